The summed E-state index contributed by atoms with van der Waals surface area (Å²) < 4.78 is 56.1. The molecule has 3 aromatic heterocycles. The van der Waals surface area contributed by atoms with Gasteiger partial charge in [0.15, 0.2) is 0 Å². The topological polar surface area (TPSA) is 35.9 Å². The first-order valence-corrected chi connectivity index (χ1v) is 22.8. The molecule has 68 heavy (non-hydrogen) atoms. The molecular weight excluding hydrogens is 1010 g/mol. The summed E-state index contributed by atoms with van der Waals surface area (Å²) >= 11 is 0. The molecule has 0 saturated carbocycles. The number of benzene rings is 7. The Morgan fingerprint density at radius 1 is 0.632 bits per heavy atom. The second kappa shape index (κ2) is 18.4. The molecule has 0 atom stereocenters. The summed E-state index contributed by atoms with van der Waals surface area (Å²) in [7, 11) is 0. The van der Waals surface area contributed by atoms with Crippen LogP contribution in [-0.2, 0) is 43.7 Å². The molecule has 0 radical (unpaired) electrons. The zero-order valence-corrected chi connectivity index (χ0v) is 41.9. The SMILES string of the molecule is [2H]c1c([2H])c([2H])c(-c2cccc(-c3cc(C(C)(C)C)cc(C(C)(C)C)c3)c2-[n+]2[c-]n(-c3[c-]c(Oc4[c-]c5c(cc4)c4ccccc4n5-c4cc(CC(C)(C)c5ccccc5)ccn4)ccc3)cc2)c([2H])c1[2H].[Pt]. The van der Waals surface area contributed by atoms with Gasteiger partial charge >= 0.3 is 0 Å². The van der Waals surface area contributed by atoms with Gasteiger partial charge < -0.3 is 13.9 Å². The summed E-state index contributed by atoms with van der Waals surface area (Å²) in [6, 6.07) is 50.5. The molecule has 7 aromatic carbocycles. The molecule has 5 nitrogen and oxygen atoms in total. The normalized spacial score (nSPS) is 13.1. The number of fused-ring (bicyclic) bond motifs is 3. The molecule has 0 saturated heterocycles. The summed E-state index contributed by atoms with van der Waals surface area (Å²) in [5.74, 6) is 1.78. The van der Waals surface area contributed by atoms with Gasteiger partial charge in [-0.3, -0.25) is 4.57 Å². The number of imidazole rings is 1. The van der Waals surface area contributed by atoms with E-state index < -0.39 is 18.1 Å². The standard InChI is InChI=1S/C62H56N4O.Pt/c1-60(2,3)47-36-45(37-48(38-47)61(4,5)6)53-27-18-26-52(44-19-11-9-12-20-44)59(53)65-34-33-64(42-65)49-23-17-24-50(39-49)67-51-29-30-55-54-25-15-16-28-56(54)66(57(55)40-51)58-35-43(31-32-63-58)41-62(7,8)46-21-13-10-14-22-46;/h9-38H,41H2,1-8H3;/q-2;/i9D,11D,12D,19D,20D;. The quantitative estimate of drug-likeness (QED) is 0.101. The monoisotopic (exact) mass is 1070 g/mol. The molecule has 0 aliphatic carbocycles. The van der Waals surface area contributed by atoms with Gasteiger partial charge in [0.1, 0.15) is 5.82 Å². The minimum Gasteiger partial charge on any atom is -0.510 e. The Bertz CT molecular complexity index is 3650. The maximum absolute atomic E-state index is 9.06. The Morgan fingerprint density at radius 2 is 1.31 bits per heavy atom. The maximum Gasteiger partial charge on any atom is 0.267 e. The van der Waals surface area contributed by atoms with E-state index in [4.69, 9.17) is 16.6 Å². The Kier molecular flexibility index (Phi) is 10.9. The van der Waals surface area contributed by atoms with Gasteiger partial charge in [0, 0.05) is 56.7 Å². The molecule has 3 heterocycles. The zero-order valence-electron chi connectivity index (χ0n) is 44.7. The summed E-state index contributed by atoms with van der Waals surface area (Å²) in [5.41, 5.74) is 9.81. The van der Waals surface area contributed by atoms with Crippen LogP contribution >= 0.6 is 0 Å². The summed E-state index contributed by atoms with van der Waals surface area (Å²) in [5, 5.41) is 2.12. The second-order valence-electron chi connectivity index (χ2n) is 20.0. The van der Waals surface area contributed by atoms with Crippen molar-refractivity contribution in [3.8, 4) is 50.9 Å². The van der Waals surface area contributed by atoms with E-state index in [0.717, 1.165) is 56.3 Å². The van der Waals surface area contributed by atoms with Crippen molar-refractivity contribution in [1.29, 1.82) is 0 Å². The minimum atomic E-state index is -0.441. The third kappa shape index (κ3) is 9.25. The Morgan fingerprint density at radius 3 is 2.04 bits per heavy atom. The van der Waals surface area contributed by atoms with Crippen molar-refractivity contribution in [3.05, 3.63) is 223 Å². The number of para-hydroxylation sites is 2. The number of nitrogens with zero attached hydrogens (tertiary/aromatic N) is 4. The number of hydrogen-bond donors (Lipinski definition) is 0. The van der Waals surface area contributed by atoms with Crippen LogP contribution in [0.5, 0.6) is 11.5 Å². The van der Waals surface area contributed by atoms with Crippen molar-refractivity contribution >= 4 is 21.8 Å². The van der Waals surface area contributed by atoms with E-state index in [9.17, 15) is 0 Å². The number of aromatic nitrogens is 4. The third-order valence-electron chi connectivity index (χ3n) is 12.6. The molecule has 0 spiro atoms. The van der Waals surface area contributed by atoms with Crippen LogP contribution in [0.15, 0.2) is 182 Å². The molecule has 342 valence electrons. The van der Waals surface area contributed by atoms with Crippen molar-refractivity contribution in [1.82, 2.24) is 14.1 Å². The van der Waals surface area contributed by atoms with E-state index in [1.54, 1.807) is 0 Å². The van der Waals surface area contributed by atoms with Gasteiger partial charge in [-0.25, -0.2) is 4.98 Å². The first kappa shape index (κ1) is 40.3. The average Bonchev–Trinajstić information content (AvgIpc) is 3.98. The van der Waals surface area contributed by atoms with Crippen molar-refractivity contribution in [2.75, 3.05) is 0 Å². The van der Waals surface area contributed by atoms with Gasteiger partial charge in [0.05, 0.1) is 12.5 Å². The number of pyridine rings is 1. The summed E-state index contributed by atoms with van der Waals surface area (Å²) in [6.07, 6.45) is 9.94. The summed E-state index contributed by atoms with van der Waals surface area (Å²) in [6.45, 7) is 17.7. The van der Waals surface area contributed by atoms with Crippen molar-refractivity contribution in [2.24, 2.45) is 0 Å². The van der Waals surface area contributed by atoms with Crippen LogP contribution in [0.3, 0.4) is 0 Å². The largest absolute Gasteiger partial charge is 0.510 e. The molecule has 6 heteroatoms. The van der Waals surface area contributed by atoms with E-state index in [2.05, 4.69) is 157 Å². The Balaban J connectivity index is 0.00000656. The van der Waals surface area contributed by atoms with Crippen LogP contribution in [0.2, 0.25) is 0 Å². The second-order valence-corrected chi connectivity index (χ2v) is 20.0. The van der Waals surface area contributed by atoms with Gasteiger partial charge in [0.2, 0.25) is 0 Å². The number of rotatable bonds is 10. The molecule has 10 rings (SSSR count). The smallest absolute Gasteiger partial charge is 0.267 e. The van der Waals surface area contributed by atoms with Crippen LogP contribution in [0.25, 0.3) is 61.3 Å². The van der Waals surface area contributed by atoms with Crippen LogP contribution in [0, 0.1) is 18.5 Å². The van der Waals surface area contributed by atoms with E-state index in [0.29, 0.717) is 28.4 Å². The molecule has 0 amide bonds. The number of ether oxygens (including phenoxy) is 1. The van der Waals surface area contributed by atoms with Crippen molar-refractivity contribution < 1.29 is 37.2 Å². The third-order valence-corrected chi connectivity index (χ3v) is 12.6. The van der Waals surface area contributed by atoms with Crippen molar-refractivity contribution in [3.63, 3.8) is 0 Å². The van der Waals surface area contributed by atoms with E-state index >= 15 is 0 Å². The molecule has 0 N–H and O–H groups in total. The van der Waals surface area contributed by atoms with E-state index in [1.165, 1.54) is 11.1 Å². The number of hydrogen-bond acceptors (Lipinski definition) is 2. The zero-order chi connectivity index (χ0) is 50.9. The minimum absolute atomic E-state index is 0. The fourth-order valence-electron chi connectivity index (χ4n) is 8.97. The Hall–Kier alpha value is -6.81. The predicted molar refractivity (Wildman–Crippen MR) is 274 cm³/mol. The Labute approximate surface area is 423 Å². The van der Waals surface area contributed by atoms with Crippen LogP contribution < -0.4 is 9.30 Å². The molecule has 0 bridgehead atoms. The maximum atomic E-state index is 9.06. The van der Waals surface area contributed by atoms with Crippen LogP contribution in [-0.4, -0.2) is 14.1 Å². The van der Waals surface area contributed by atoms with Gasteiger partial charge in [-0.05, 0) is 96.4 Å². The average molecular weight is 1070 g/mol. The van der Waals surface area contributed by atoms with Gasteiger partial charge in [-0.15, -0.1) is 29.7 Å². The predicted octanol–water partition coefficient (Wildman–Crippen LogP) is 14.9. The van der Waals surface area contributed by atoms with Crippen LogP contribution in [0.4, 0.5) is 0 Å². The molecule has 0 aliphatic heterocycles. The molecule has 0 fully saturated rings. The first-order valence-electron chi connectivity index (χ1n) is 25.3. The van der Waals surface area contributed by atoms with E-state index in [-0.39, 0.29) is 55.0 Å². The molecule has 0 aliphatic rings. The fourth-order valence-corrected chi connectivity index (χ4v) is 8.97. The molecular formula is C62H56N4OPt-2. The van der Waals surface area contributed by atoms with E-state index in [1.807, 2.05) is 82.3 Å². The van der Waals surface area contributed by atoms with Gasteiger partial charge in [0.25, 0.3) is 6.33 Å². The van der Waals surface area contributed by atoms with Crippen LogP contribution in [0.1, 0.15) is 84.5 Å². The summed E-state index contributed by atoms with van der Waals surface area (Å²) in [4.78, 5) is 4.90. The van der Waals surface area contributed by atoms with Gasteiger partial charge in [-0.2, -0.15) is 18.2 Å². The van der Waals surface area contributed by atoms with Crippen molar-refractivity contribution in [2.45, 2.75) is 78.1 Å². The molecule has 0 unspecified atom stereocenters. The van der Waals surface area contributed by atoms with Gasteiger partial charge in [-0.1, -0.05) is 176 Å². The fraction of sp³-hybridized carbons (Fsp3) is 0.194. The molecule has 10 aromatic rings. The first-order chi connectivity index (χ1) is 34.3.